The van der Waals surface area contributed by atoms with Crippen LogP contribution in [0.15, 0.2) is 49.6 Å². The third-order valence-corrected chi connectivity index (χ3v) is 4.91. The maximum atomic E-state index is 4.12. The number of rotatable bonds is 4. The van der Waals surface area contributed by atoms with Crippen LogP contribution in [0.3, 0.4) is 0 Å². The van der Waals surface area contributed by atoms with Crippen molar-refractivity contribution < 1.29 is 0 Å². The largest absolute Gasteiger partial charge is 0.123 e. The molecule has 2 aromatic carbocycles. The summed E-state index contributed by atoms with van der Waals surface area (Å²) in [5, 5.41) is 2.74. The molecule has 21 heavy (non-hydrogen) atoms. The van der Waals surface area contributed by atoms with E-state index in [-0.39, 0.29) is 0 Å². The molecule has 0 unspecified atom stereocenters. The third-order valence-electron chi connectivity index (χ3n) is 3.54. The molecular formula is C20H22Si. The van der Waals surface area contributed by atoms with Gasteiger partial charge in [-0.15, -0.1) is 0 Å². The number of benzene rings is 2. The molecule has 106 valence electrons. The van der Waals surface area contributed by atoms with Crippen molar-refractivity contribution in [3.05, 3.63) is 71.8 Å². The highest BCUT2D eigenvalue weighted by Gasteiger charge is 2.10. The van der Waals surface area contributed by atoms with Crippen LogP contribution < -0.4 is 10.4 Å². The maximum Gasteiger partial charge on any atom is 0.123 e. The normalized spacial score (nSPS) is 10.5. The highest BCUT2D eigenvalue weighted by molar-refractivity contribution is 6.69. The zero-order valence-corrected chi connectivity index (χ0v) is 14.4. The molecule has 1 heteroatoms. The summed E-state index contributed by atoms with van der Waals surface area (Å²) < 4.78 is 0. The van der Waals surface area contributed by atoms with Gasteiger partial charge in [-0.3, -0.25) is 0 Å². The van der Waals surface area contributed by atoms with Gasteiger partial charge in [-0.25, -0.2) is 0 Å². The molecule has 0 N–H and O–H groups in total. The average Bonchev–Trinajstić information content (AvgIpc) is 2.38. The fraction of sp³-hybridized carbons (Fsp3) is 0.200. The molecule has 0 saturated heterocycles. The second kappa shape index (κ2) is 6.27. The summed E-state index contributed by atoms with van der Waals surface area (Å²) in [6, 6.07) is 13.3. The lowest BCUT2D eigenvalue weighted by Crippen LogP contribution is -2.32. The summed E-state index contributed by atoms with van der Waals surface area (Å²) >= 11 is 0. The van der Waals surface area contributed by atoms with Crippen LogP contribution in [0.1, 0.15) is 36.1 Å². The molecule has 0 aromatic heterocycles. The molecule has 0 aliphatic carbocycles. The summed E-state index contributed by atoms with van der Waals surface area (Å²) in [6.07, 6.45) is 0. The average molecular weight is 290 g/mol. The smallest absolute Gasteiger partial charge is 0.0955 e. The van der Waals surface area contributed by atoms with E-state index in [2.05, 4.69) is 77.3 Å². The van der Waals surface area contributed by atoms with E-state index in [9.17, 15) is 0 Å². The predicted octanol–water partition coefficient (Wildman–Crippen LogP) is 4.02. The zero-order valence-electron chi connectivity index (χ0n) is 13.4. The fourth-order valence-corrected chi connectivity index (χ4v) is 4.17. The van der Waals surface area contributed by atoms with Crippen LogP contribution in [0, 0.1) is 13.8 Å². The highest BCUT2D eigenvalue weighted by Crippen LogP contribution is 2.13. The van der Waals surface area contributed by atoms with E-state index in [0.29, 0.717) is 9.52 Å². The van der Waals surface area contributed by atoms with Crippen molar-refractivity contribution in [1.29, 1.82) is 0 Å². The van der Waals surface area contributed by atoms with Gasteiger partial charge in [0.2, 0.25) is 0 Å². The lowest BCUT2D eigenvalue weighted by molar-refractivity contribution is 1.46. The minimum absolute atomic E-state index is 0.631. The second-order valence-electron chi connectivity index (χ2n) is 5.78. The first-order valence-electron chi connectivity index (χ1n) is 7.18. The Labute approximate surface area is 131 Å². The summed E-state index contributed by atoms with van der Waals surface area (Å²) in [4.78, 5) is 0. The van der Waals surface area contributed by atoms with Crippen LogP contribution >= 0.6 is 0 Å². The summed E-state index contributed by atoms with van der Waals surface area (Å²) in [5.74, 6) is 0. The summed E-state index contributed by atoms with van der Waals surface area (Å²) in [5.41, 5.74) is 7.39. The topological polar surface area (TPSA) is 0 Å². The molecule has 0 saturated carbocycles. The van der Waals surface area contributed by atoms with Crippen molar-refractivity contribution in [2.75, 3.05) is 0 Å². The Balaban J connectivity index is 2.52. The van der Waals surface area contributed by atoms with Gasteiger partial charge in [-0.05, 0) is 38.8 Å². The van der Waals surface area contributed by atoms with Gasteiger partial charge in [0.05, 0.1) is 0 Å². The second-order valence-corrected chi connectivity index (χ2v) is 7.11. The molecule has 0 spiro atoms. The number of allylic oxidation sites excluding steroid dienone is 2. The Hall–Kier alpha value is -1.86. The number of hydrogen-bond donors (Lipinski definition) is 0. The quantitative estimate of drug-likeness (QED) is 0.746. The van der Waals surface area contributed by atoms with Gasteiger partial charge in [0.25, 0.3) is 0 Å². The van der Waals surface area contributed by atoms with E-state index in [0.717, 1.165) is 11.1 Å². The molecule has 0 amide bonds. The molecule has 0 bridgehead atoms. The Morgan fingerprint density at radius 1 is 0.762 bits per heavy atom. The monoisotopic (exact) mass is 290 g/mol. The van der Waals surface area contributed by atoms with Crippen molar-refractivity contribution in [3.63, 3.8) is 0 Å². The van der Waals surface area contributed by atoms with E-state index >= 15 is 0 Å². The SMILES string of the molecule is C=C(C)c1ccc(C)cc1[Si]c1cc(C)ccc1C(=C)C. The molecule has 0 fully saturated rings. The van der Waals surface area contributed by atoms with E-state index in [1.807, 2.05) is 0 Å². The first kappa shape index (κ1) is 15.5. The maximum absolute atomic E-state index is 4.12. The van der Waals surface area contributed by atoms with Crippen molar-refractivity contribution in [3.8, 4) is 0 Å². The van der Waals surface area contributed by atoms with E-state index in [4.69, 9.17) is 0 Å². The van der Waals surface area contributed by atoms with Gasteiger partial charge >= 0.3 is 0 Å². The van der Waals surface area contributed by atoms with Crippen LogP contribution in [0.5, 0.6) is 0 Å². The van der Waals surface area contributed by atoms with Crippen LogP contribution in [0.25, 0.3) is 11.1 Å². The molecule has 0 atom stereocenters. The molecule has 2 radical (unpaired) electrons. The Morgan fingerprint density at radius 2 is 1.14 bits per heavy atom. The van der Waals surface area contributed by atoms with Crippen molar-refractivity contribution >= 4 is 31.0 Å². The first-order chi connectivity index (χ1) is 9.88. The molecule has 0 aliphatic heterocycles. The van der Waals surface area contributed by atoms with E-state index < -0.39 is 0 Å². The molecule has 0 aliphatic rings. The van der Waals surface area contributed by atoms with Crippen molar-refractivity contribution in [2.45, 2.75) is 27.7 Å². The fourth-order valence-electron chi connectivity index (χ4n) is 2.41. The minimum atomic E-state index is 0.631. The number of aryl methyl sites for hydroxylation is 2. The van der Waals surface area contributed by atoms with Crippen LogP contribution in [-0.4, -0.2) is 9.52 Å². The van der Waals surface area contributed by atoms with Crippen LogP contribution in [0.2, 0.25) is 0 Å². The standard InChI is InChI=1S/C20H22Si/c1-13(2)17-9-7-15(5)11-19(17)21-20-12-16(6)8-10-18(20)14(3)4/h7-12H,1,3H2,2,4-6H3. The zero-order chi connectivity index (χ0) is 15.6. The Kier molecular flexibility index (Phi) is 4.64. The van der Waals surface area contributed by atoms with Crippen LogP contribution in [0.4, 0.5) is 0 Å². The van der Waals surface area contributed by atoms with Gasteiger partial charge in [0.1, 0.15) is 9.52 Å². The molecular weight excluding hydrogens is 268 g/mol. The lowest BCUT2D eigenvalue weighted by Gasteiger charge is -2.14. The van der Waals surface area contributed by atoms with Crippen molar-refractivity contribution in [2.24, 2.45) is 0 Å². The van der Waals surface area contributed by atoms with Crippen LogP contribution in [-0.2, 0) is 0 Å². The van der Waals surface area contributed by atoms with Gasteiger partial charge in [0, 0.05) is 0 Å². The number of hydrogen-bond acceptors (Lipinski definition) is 0. The molecule has 2 rings (SSSR count). The summed E-state index contributed by atoms with van der Waals surface area (Å²) in [6.45, 7) is 16.7. The van der Waals surface area contributed by atoms with E-state index in [1.165, 1.54) is 32.6 Å². The molecule has 0 heterocycles. The highest BCUT2D eigenvalue weighted by atomic mass is 28.2. The Bertz CT molecular complexity index is 646. The van der Waals surface area contributed by atoms with Gasteiger partial charge in [-0.2, -0.15) is 0 Å². The van der Waals surface area contributed by atoms with Gasteiger partial charge in [-0.1, -0.05) is 82.2 Å². The minimum Gasteiger partial charge on any atom is -0.0955 e. The molecule has 2 aromatic rings. The van der Waals surface area contributed by atoms with Gasteiger partial charge < -0.3 is 0 Å². The van der Waals surface area contributed by atoms with Crippen molar-refractivity contribution in [1.82, 2.24) is 0 Å². The Morgan fingerprint density at radius 3 is 1.48 bits per heavy atom. The third kappa shape index (κ3) is 3.62. The lowest BCUT2D eigenvalue weighted by atomic mass is 10.1. The van der Waals surface area contributed by atoms with E-state index in [1.54, 1.807) is 0 Å². The summed E-state index contributed by atoms with van der Waals surface area (Å²) in [7, 11) is 0.631. The predicted molar refractivity (Wildman–Crippen MR) is 96.8 cm³/mol. The first-order valence-corrected chi connectivity index (χ1v) is 8.18. The molecule has 0 nitrogen and oxygen atoms in total. The van der Waals surface area contributed by atoms with Gasteiger partial charge in [0.15, 0.2) is 0 Å².